The molecule has 6 heteroatoms. The number of aryl methyl sites for hydroxylation is 1. The average Bonchev–Trinajstić information content (AvgIpc) is 2.71. The summed E-state index contributed by atoms with van der Waals surface area (Å²) in [4.78, 5) is 0. The van der Waals surface area contributed by atoms with Gasteiger partial charge in [-0.3, -0.25) is 0 Å². The van der Waals surface area contributed by atoms with Crippen LogP contribution in [-0.4, -0.2) is 12.3 Å². The van der Waals surface area contributed by atoms with Crippen LogP contribution in [-0.2, 0) is 0 Å². The van der Waals surface area contributed by atoms with Gasteiger partial charge in [-0.2, -0.15) is 0 Å². The van der Waals surface area contributed by atoms with Crippen molar-refractivity contribution in [1.82, 2.24) is 5.16 Å². The van der Waals surface area contributed by atoms with Crippen molar-refractivity contribution in [1.29, 1.82) is 0 Å². The molecule has 17 heavy (non-hydrogen) atoms. The van der Waals surface area contributed by atoms with E-state index >= 15 is 0 Å². The molecule has 1 aromatic carbocycles. The Labute approximate surface area is 106 Å². The van der Waals surface area contributed by atoms with Gasteiger partial charge in [0.1, 0.15) is 0 Å². The normalized spacial score (nSPS) is 10.6. The second kappa shape index (κ2) is 4.37. The molecule has 0 aliphatic rings. The Bertz CT molecular complexity index is 569. The Kier molecular flexibility index (Phi) is 3.06. The number of hydrogen-bond acceptors (Lipinski definition) is 4. The lowest BCUT2D eigenvalue weighted by Crippen LogP contribution is -1.96. The molecule has 4 nitrogen and oxygen atoms in total. The molecule has 2 aromatic rings. The van der Waals surface area contributed by atoms with E-state index in [0.29, 0.717) is 15.6 Å². The summed E-state index contributed by atoms with van der Waals surface area (Å²) in [5.74, 6) is -0.284. The molecule has 0 radical (unpaired) electrons. The Morgan fingerprint density at radius 1 is 1.47 bits per heavy atom. The smallest absolute Gasteiger partial charge is 0.230 e. The van der Waals surface area contributed by atoms with Crippen LogP contribution >= 0.6 is 15.9 Å². The highest BCUT2D eigenvalue weighted by Crippen LogP contribution is 2.39. The molecule has 0 atom stereocenters. The SMILES string of the molecule is COc1c(F)c(-c2cnoc2N)cc(C)c1Br. The van der Waals surface area contributed by atoms with Gasteiger partial charge < -0.3 is 15.0 Å². The van der Waals surface area contributed by atoms with Gasteiger partial charge in [-0.25, -0.2) is 4.39 Å². The van der Waals surface area contributed by atoms with E-state index in [-0.39, 0.29) is 11.6 Å². The molecule has 2 N–H and O–H groups in total. The van der Waals surface area contributed by atoms with E-state index in [9.17, 15) is 4.39 Å². The molecule has 0 spiro atoms. The Morgan fingerprint density at radius 2 is 2.18 bits per heavy atom. The van der Waals surface area contributed by atoms with Crippen molar-refractivity contribution >= 4 is 21.8 Å². The van der Waals surface area contributed by atoms with Crippen LogP contribution in [0.5, 0.6) is 5.75 Å². The number of nitrogens with zero attached hydrogens (tertiary/aromatic N) is 1. The standard InChI is InChI=1S/C11H10BrFN2O2/c1-5-3-6(7-4-15-17-11(7)14)9(13)10(16-2)8(5)12/h3-4H,14H2,1-2H3. The molecular formula is C11H10BrFN2O2. The van der Waals surface area contributed by atoms with E-state index in [0.717, 1.165) is 5.56 Å². The van der Waals surface area contributed by atoms with Crippen LogP contribution in [0.2, 0.25) is 0 Å². The number of ether oxygens (including phenoxy) is 1. The maximum absolute atomic E-state index is 14.2. The average molecular weight is 301 g/mol. The summed E-state index contributed by atoms with van der Waals surface area (Å²) in [5, 5.41) is 3.53. The highest BCUT2D eigenvalue weighted by Gasteiger charge is 2.19. The minimum absolute atomic E-state index is 0.0766. The van der Waals surface area contributed by atoms with Crippen molar-refractivity contribution in [2.75, 3.05) is 12.8 Å². The van der Waals surface area contributed by atoms with Gasteiger partial charge in [-0.05, 0) is 34.5 Å². The number of rotatable bonds is 2. The van der Waals surface area contributed by atoms with Crippen molar-refractivity contribution in [3.63, 3.8) is 0 Å². The molecule has 0 saturated carbocycles. The monoisotopic (exact) mass is 300 g/mol. The predicted octanol–water partition coefficient (Wildman–Crippen LogP) is 3.14. The summed E-state index contributed by atoms with van der Waals surface area (Å²) in [6, 6.07) is 1.66. The molecule has 0 aliphatic heterocycles. The molecule has 1 heterocycles. The van der Waals surface area contributed by atoms with Gasteiger partial charge in [0.2, 0.25) is 5.88 Å². The van der Waals surface area contributed by atoms with Gasteiger partial charge in [0.15, 0.2) is 11.6 Å². The predicted molar refractivity (Wildman–Crippen MR) is 65.3 cm³/mol. The number of aromatic nitrogens is 1. The molecule has 0 amide bonds. The number of hydrogen-bond donors (Lipinski definition) is 1. The van der Waals surface area contributed by atoms with Gasteiger partial charge in [0, 0.05) is 5.56 Å². The van der Waals surface area contributed by atoms with Gasteiger partial charge in [0.25, 0.3) is 0 Å². The van der Waals surface area contributed by atoms with Crippen LogP contribution in [0.1, 0.15) is 5.56 Å². The lowest BCUT2D eigenvalue weighted by molar-refractivity contribution is 0.384. The number of methoxy groups -OCH3 is 1. The van der Waals surface area contributed by atoms with Crippen LogP contribution in [0.25, 0.3) is 11.1 Å². The molecule has 0 bridgehead atoms. The third-order valence-electron chi connectivity index (χ3n) is 2.43. The molecule has 1 aromatic heterocycles. The molecule has 2 rings (SSSR count). The maximum atomic E-state index is 14.2. The minimum Gasteiger partial charge on any atom is -0.492 e. The first-order chi connectivity index (χ1) is 8.06. The first kappa shape index (κ1) is 11.9. The van der Waals surface area contributed by atoms with Crippen molar-refractivity contribution < 1.29 is 13.7 Å². The second-order valence-electron chi connectivity index (χ2n) is 3.51. The summed E-state index contributed by atoms with van der Waals surface area (Å²) < 4.78 is 24.5. The quantitative estimate of drug-likeness (QED) is 0.925. The Hall–Kier alpha value is -1.56. The lowest BCUT2D eigenvalue weighted by atomic mass is 10.0. The highest BCUT2D eigenvalue weighted by atomic mass is 79.9. The largest absolute Gasteiger partial charge is 0.492 e. The zero-order chi connectivity index (χ0) is 12.6. The van der Waals surface area contributed by atoms with Crippen LogP contribution in [0, 0.1) is 12.7 Å². The molecule has 0 aliphatic carbocycles. The van der Waals surface area contributed by atoms with Crippen LogP contribution in [0.15, 0.2) is 21.3 Å². The second-order valence-corrected chi connectivity index (χ2v) is 4.30. The van der Waals surface area contributed by atoms with Gasteiger partial charge in [-0.15, -0.1) is 0 Å². The zero-order valence-corrected chi connectivity index (χ0v) is 10.8. The number of anilines is 1. The van der Waals surface area contributed by atoms with Gasteiger partial charge in [-0.1, -0.05) is 5.16 Å². The molecule has 0 fully saturated rings. The zero-order valence-electron chi connectivity index (χ0n) is 9.25. The van der Waals surface area contributed by atoms with Crippen LogP contribution in [0.3, 0.4) is 0 Å². The number of benzene rings is 1. The van der Waals surface area contributed by atoms with E-state index in [1.807, 2.05) is 6.92 Å². The van der Waals surface area contributed by atoms with Crippen LogP contribution < -0.4 is 10.5 Å². The van der Waals surface area contributed by atoms with Crippen molar-refractivity contribution in [2.24, 2.45) is 0 Å². The van der Waals surface area contributed by atoms with Crippen molar-refractivity contribution in [2.45, 2.75) is 6.92 Å². The van der Waals surface area contributed by atoms with Crippen molar-refractivity contribution in [3.05, 3.63) is 28.1 Å². The molecule has 0 unspecified atom stereocenters. The lowest BCUT2D eigenvalue weighted by Gasteiger charge is -2.11. The van der Waals surface area contributed by atoms with E-state index in [2.05, 4.69) is 21.1 Å². The summed E-state index contributed by atoms with van der Waals surface area (Å²) >= 11 is 3.27. The van der Waals surface area contributed by atoms with E-state index in [1.165, 1.54) is 13.3 Å². The number of halogens is 2. The number of nitrogens with two attached hydrogens (primary N) is 1. The van der Waals surface area contributed by atoms with E-state index in [4.69, 9.17) is 15.0 Å². The fraction of sp³-hybridized carbons (Fsp3) is 0.182. The van der Waals surface area contributed by atoms with Gasteiger partial charge >= 0.3 is 0 Å². The first-order valence-corrected chi connectivity index (χ1v) is 5.58. The summed E-state index contributed by atoms with van der Waals surface area (Å²) in [6.07, 6.45) is 1.38. The summed E-state index contributed by atoms with van der Waals surface area (Å²) in [6.45, 7) is 1.83. The third-order valence-corrected chi connectivity index (χ3v) is 3.42. The maximum Gasteiger partial charge on any atom is 0.230 e. The fourth-order valence-electron chi connectivity index (χ4n) is 1.57. The summed E-state index contributed by atoms with van der Waals surface area (Å²) in [7, 11) is 1.41. The minimum atomic E-state index is -0.500. The Balaban J connectivity index is 2.72. The Morgan fingerprint density at radius 3 is 2.71 bits per heavy atom. The number of nitrogen functional groups attached to an aromatic ring is 1. The highest BCUT2D eigenvalue weighted by molar-refractivity contribution is 9.10. The molecular weight excluding hydrogens is 291 g/mol. The van der Waals surface area contributed by atoms with Gasteiger partial charge in [0.05, 0.1) is 23.3 Å². The molecule has 90 valence electrons. The van der Waals surface area contributed by atoms with E-state index < -0.39 is 5.82 Å². The van der Waals surface area contributed by atoms with E-state index in [1.54, 1.807) is 6.07 Å². The van der Waals surface area contributed by atoms with Crippen LogP contribution in [0.4, 0.5) is 10.3 Å². The first-order valence-electron chi connectivity index (χ1n) is 4.79. The fourth-order valence-corrected chi connectivity index (χ4v) is 2.02. The summed E-state index contributed by atoms with van der Waals surface area (Å²) in [5.41, 5.74) is 7.13. The molecule has 0 saturated heterocycles. The topological polar surface area (TPSA) is 61.3 Å². The van der Waals surface area contributed by atoms with Crippen molar-refractivity contribution in [3.8, 4) is 16.9 Å². The third kappa shape index (κ3) is 1.88.